The first-order valence-corrected chi connectivity index (χ1v) is 7.28. The first kappa shape index (κ1) is 16.0. The van der Waals surface area contributed by atoms with Gasteiger partial charge < -0.3 is 10.1 Å². The van der Waals surface area contributed by atoms with Crippen LogP contribution in [-0.2, 0) is 0 Å². The monoisotopic (exact) mass is 263 g/mol. The molecule has 0 aliphatic heterocycles. The van der Waals surface area contributed by atoms with Gasteiger partial charge in [-0.3, -0.25) is 0 Å². The van der Waals surface area contributed by atoms with E-state index >= 15 is 0 Å². The van der Waals surface area contributed by atoms with Crippen molar-refractivity contribution in [1.29, 1.82) is 0 Å². The Morgan fingerprint density at radius 2 is 1.74 bits per heavy atom. The molecule has 0 fully saturated rings. The Hall–Kier alpha value is -1.02. The van der Waals surface area contributed by atoms with Gasteiger partial charge in [0.2, 0.25) is 0 Å². The molecule has 0 amide bonds. The molecule has 0 saturated heterocycles. The maximum atomic E-state index is 5.49. The molecule has 0 heterocycles. The van der Waals surface area contributed by atoms with Crippen LogP contribution in [0.5, 0.6) is 5.75 Å². The Bertz CT molecular complexity index is 364. The maximum Gasteiger partial charge on any atom is 0.119 e. The van der Waals surface area contributed by atoms with E-state index in [1.54, 1.807) is 0 Å². The third kappa shape index (κ3) is 4.87. The van der Waals surface area contributed by atoms with Gasteiger partial charge in [-0.05, 0) is 49.4 Å². The fourth-order valence-corrected chi connectivity index (χ4v) is 2.09. The highest BCUT2D eigenvalue weighted by Gasteiger charge is 2.23. The molecule has 0 bridgehead atoms. The lowest BCUT2D eigenvalue weighted by Crippen LogP contribution is -2.25. The molecule has 2 atom stereocenters. The van der Waals surface area contributed by atoms with Crippen LogP contribution in [0.2, 0.25) is 0 Å². The molecule has 2 heteroatoms. The fourth-order valence-electron chi connectivity index (χ4n) is 2.09. The summed E-state index contributed by atoms with van der Waals surface area (Å²) >= 11 is 0. The number of hydrogen-bond donors (Lipinski definition) is 1. The van der Waals surface area contributed by atoms with Crippen LogP contribution in [0, 0.1) is 11.3 Å². The zero-order valence-corrected chi connectivity index (χ0v) is 13.3. The van der Waals surface area contributed by atoms with E-state index in [1.807, 2.05) is 14.0 Å². The molecule has 19 heavy (non-hydrogen) atoms. The first-order valence-electron chi connectivity index (χ1n) is 7.28. The average molecular weight is 263 g/mol. The summed E-state index contributed by atoms with van der Waals surface area (Å²) in [6.07, 6.45) is 1.15. The van der Waals surface area contributed by atoms with Crippen LogP contribution in [0.25, 0.3) is 0 Å². The fraction of sp³-hybridized carbons (Fsp3) is 0.647. The predicted octanol–water partition coefficient (Wildman–Crippen LogP) is 4.42. The Morgan fingerprint density at radius 1 is 1.16 bits per heavy atom. The summed E-state index contributed by atoms with van der Waals surface area (Å²) in [5.41, 5.74) is 1.68. The Balaban J connectivity index is 2.74. The van der Waals surface area contributed by atoms with Gasteiger partial charge in [0.05, 0.1) is 6.61 Å². The van der Waals surface area contributed by atoms with Crippen LogP contribution in [0.3, 0.4) is 0 Å². The van der Waals surface area contributed by atoms with Gasteiger partial charge in [0.1, 0.15) is 5.75 Å². The highest BCUT2D eigenvalue weighted by molar-refractivity contribution is 5.29. The summed E-state index contributed by atoms with van der Waals surface area (Å²) in [4.78, 5) is 0. The lowest BCUT2D eigenvalue weighted by Gasteiger charge is -2.31. The van der Waals surface area contributed by atoms with E-state index in [9.17, 15) is 0 Å². The quantitative estimate of drug-likeness (QED) is 0.820. The Morgan fingerprint density at radius 3 is 2.16 bits per heavy atom. The highest BCUT2D eigenvalue weighted by atomic mass is 16.5. The van der Waals surface area contributed by atoms with Gasteiger partial charge in [0.15, 0.2) is 0 Å². The zero-order chi connectivity index (χ0) is 14.5. The second-order valence-electron chi connectivity index (χ2n) is 6.35. The van der Waals surface area contributed by atoms with Crippen molar-refractivity contribution < 1.29 is 4.74 Å². The minimum absolute atomic E-state index is 0.348. The van der Waals surface area contributed by atoms with Crippen LogP contribution < -0.4 is 10.1 Å². The van der Waals surface area contributed by atoms with Crippen LogP contribution in [0.4, 0.5) is 0 Å². The SMILES string of the molecule is CCOc1ccc(C(CC(C)C(C)(C)C)NC)cc1. The van der Waals surface area contributed by atoms with Crippen LogP contribution >= 0.6 is 0 Å². The van der Waals surface area contributed by atoms with Crippen LogP contribution in [0.1, 0.15) is 52.6 Å². The number of benzene rings is 1. The topological polar surface area (TPSA) is 21.3 Å². The van der Waals surface area contributed by atoms with E-state index in [-0.39, 0.29) is 0 Å². The molecule has 0 saturated carbocycles. The van der Waals surface area contributed by atoms with Gasteiger partial charge in [0.25, 0.3) is 0 Å². The van der Waals surface area contributed by atoms with Crippen molar-refractivity contribution in [2.75, 3.05) is 13.7 Å². The summed E-state index contributed by atoms with van der Waals surface area (Å²) in [6.45, 7) is 12.0. The molecule has 0 spiro atoms. The van der Waals surface area contributed by atoms with E-state index in [2.05, 4.69) is 57.3 Å². The van der Waals surface area contributed by atoms with Crippen molar-refractivity contribution in [3.63, 3.8) is 0 Å². The van der Waals surface area contributed by atoms with Crippen molar-refractivity contribution in [2.45, 2.75) is 47.1 Å². The lowest BCUT2D eigenvalue weighted by atomic mass is 9.77. The normalized spacial score (nSPS) is 15.1. The molecular weight excluding hydrogens is 234 g/mol. The van der Waals surface area contributed by atoms with Gasteiger partial charge in [-0.1, -0.05) is 39.8 Å². The van der Waals surface area contributed by atoms with Gasteiger partial charge in [-0.2, -0.15) is 0 Å². The molecule has 0 aliphatic rings. The summed E-state index contributed by atoms with van der Waals surface area (Å²) in [7, 11) is 2.04. The van der Waals surface area contributed by atoms with Crippen molar-refractivity contribution in [3.8, 4) is 5.75 Å². The van der Waals surface area contributed by atoms with Gasteiger partial charge in [0, 0.05) is 6.04 Å². The molecule has 1 aromatic carbocycles. The van der Waals surface area contributed by atoms with Gasteiger partial charge in [-0.25, -0.2) is 0 Å². The van der Waals surface area contributed by atoms with Crippen molar-refractivity contribution >= 4 is 0 Å². The summed E-state index contributed by atoms with van der Waals surface area (Å²) in [5.74, 6) is 1.61. The molecule has 0 aromatic heterocycles. The Labute approximate surface area is 118 Å². The smallest absolute Gasteiger partial charge is 0.119 e. The third-order valence-electron chi connectivity index (χ3n) is 4.01. The number of ether oxygens (including phenoxy) is 1. The molecule has 2 unspecified atom stereocenters. The molecule has 0 radical (unpaired) electrons. The lowest BCUT2D eigenvalue weighted by molar-refractivity contribution is 0.226. The number of rotatable bonds is 6. The number of nitrogens with one attached hydrogen (secondary N) is 1. The van der Waals surface area contributed by atoms with Gasteiger partial charge >= 0.3 is 0 Å². The second-order valence-corrected chi connectivity index (χ2v) is 6.35. The summed E-state index contributed by atoms with van der Waals surface area (Å²) in [6, 6.07) is 8.86. The molecule has 1 rings (SSSR count). The predicted molar refractivity (Wildman–Crippen MR) is 82.6 cm³/mol. The standard InChI is InChI=1S/C17H29NO/c1-7-19-15-10-8-14(9-11-15)16(18-6)12-13(2)17(3,4)5/h8-11,13,16,18H,7,12H2,1-6H3. The van der Waals surface area contributed by atoms with Crippen molar-refractivity contribution in [2.24, 2.45) is 11.3 Å². The largest absolute Gasteiger partial charge is 0.494 e. The van der Waals surface area contributed by atoms with E-state index < -0.39 is 0 Å². The molecule has 108 valence electrons. The van der Waals surface area contributed by atoms with Crippen LogP contribution in [-0.4, -0.2) is 13.7 Å². The molecule has 1 aromatic rings. The minimum Gasteiger partial charge on any atom is -0.494 e. The second kappa shape index (κ2) is 6.95. The first-order chi connectivity index (χ1) is 8.88. The third-order valence-corrected chi connectivity index (χ3v) is 4.01. The van der Waals surface area contributed by atoms with E-state index in [0.717, 1.165) is 18.8 Å². The van der Waals surface area contributed by atoms with E-state index in [4.69, 9.17) is 4.74 Å². The maximum absolute atomic E-state index is 5.49. The van der Waals surface area contributed by atoms with Crippen molar-refractivity contribution in [1.82, 2.24) is 5.32 Å². The van der Waals surface area contributed by atoms with Gasteiger partial charge in [-0.15, -0.1) is 0 Å². The molecule has 0 aliphatic carbocycles. The Kier molecular flexibility index (Phi) is 5.86. The molecule has 1 N–H and O–H groups in total. The summed E-state index contributed by atoms with van der Waals surface area (Å²) in [5, 5.41) is 3.43. The average Bonchev–Trinajstić information content (AvgIpc) is 2.36. The van der Waals surface area contributed by atoms with E-state index in [0.29, 0.717) is 17.4 Å². The summed E-state index contributed by atoms with van der Waals surface area (Å²) < 4.78 is 5.49. The van der Waals surface area contributed by atoms with Crippen molar-refractivity contribution in [3.05, 3.63) is 29.8 Å². The number of hydrogen-bond acceptors (Lipinski definition) is 2. The van der Waals surface area contributed by atoms with Crippen LogP contribution in [0.15, 0.2) is 24.3 Å². The molecule has 2 nitrogen and oxygen atoms in total. The highest BCUT2D eigenvalue weighted by Crippen LogP contribution is 2.33. The minimum atomic E-state index is 0.348. The molecular formula is C17H29NO. The van der Waals surface area contributed by atoms with E-state index in [1.165, 1.54) is 5.56 Å². The zero-order valence-electron chi connectivity index (χ0n) is 13.3.